The molecule has 1 fully saturated rings. The number of aromatic amines is 1. The standard InChI is InChI=1S/C68H59BCl6IN7O17/c1-67(2)68(3,4)100-69(99-67)36-11-16-39-35(28-77-47(39)27-36)25-48(78-64(94)55(85)34-22-44(74)58(88)45(75)23-34)60(90)79-51(31-18-40(70)56(86)41(71)19-31)62(92)80-52-33-24-46(76)59(89)50(26-33)98-38-14-7-29(8-15-38)17-49(61(91)82-54(66(96)97-6)30-9-12-37(84)13-10-30)83(5)65(95)53(81-63(52)93)32-20-42(72)57(87)43(73)21-32/h7-16,18-24,26-28,48-49,51-54,77,84,86-89H,17,25H2,1-6H3,(H,78,94)(H,79,90)(H,80,92)(H,81,93)(H,82,91)/t48-,49+,51-,52-,53-,54-/m1/s1. The van der Waals surface area contributed by atoms with Crippen molar-refractivity contribution >= 4 is 163 Å². The highest BCUT2D eigenvalue weighted by Gasteiger charge is 2.52. The number of fused-ring (bicyclic) bond motifs is 10. The lowest BCUT2D eigenvalue weighted by molar-refractivity contribution is -0.147. The van der Waals surface area contributed by atoms with Crippen molar-refractivity contribution in [2.75, 3.05) is 14.2 Å². The first-order valence-electron chi connectivity index (χ1n) is 30.1. The number of phenols is 5. The Morgan fingerprint density at radius 3 is 1.85 bits per heavy atom. The van der Waals surface area contributed by atoms with Gasteiger partial charge in [0, 0.05) is 42.6 Å². The number of nitrogens with zero attached hydrogens (tertiary/aromatic N) is 1. The fraction of sp³-hybridized carbons (Fsp3) is 0.235. The Morgan fingerprint density at radius 2 is 1.26 bits per heavy atom. The molecule has 6 amide bonds. The van der Waals surface area contributed by atoms with Crippen LogP contribution in [-0.4, -0.2) is 127 Å². The van der Waals surface area contributed by atoms with Crippen LogP contribution in [0.3, 0.4) is 0 Å². The number of ether oxygens (including phenoxy) is 2. The lowest BCUT2D eigenvalue weighted by atomic mass is 9.78. The molecule has 100 heavy (non-hydrogen) atoms. The van der Waals surface area contributed by atoms with Gasteiger partial charge in [0.25, 0.3) is 5.91 Å². The zero-order valence-electron chi connectivity index (χ0n) is 53.2. The Labute approximate surface area is 614 Å². The first kappa shape index (κ1) is 74.0. The van der Waals surface area contributed by atoms with Crippen LogP contribution in [-0.2, 0) is 60.4 Å². The Morgan fingerprint density at radius 1 is 0.680 bits per heavy atom. The van der Waals surface area contributed by atoms with Gasteiger partial charge in [0.05, 0.1) is 52.0 Å². The fourth-order valence-electron chi connectivity index (χ4n) is 11.0. The maximum Gasteiger partial charge on any atom is 0.494 e. The number of rotatable bonds is 16. The number of halogens is 7. The number of phenolic OH excluding ortho intramolecular Hbond substituents is 5. The summed E-state index contributed by atoms with van der Waals surface area (Å²) in [5, 5.41) is 64.6. The number of H-pyrrole nitrogens is 1. The number of likely N-dealkylation sites (N-methyl/N-ethyl adjacent to an activating group) is 1. The number of hydrogen-bond donors (Lipinski definition) is 11. The monoisotopic (exact) mass is 1590 g/mol. The van der Waals surface area contributed by atoms with E-state index in [2.05, 4.69) is 31.6 Å². The van der Waals surface area contributed by atoms with Gasteiger partial charge in [0.2, 0.25) is 35.3 Å². The zero-order chi connectivity index (χ0) is 72.7. The molecule has 3 aliphatic rings. The first-order valence-corrected chi connectivity index (χ1v) is 33.5. The number of benzene rings is 7. The number of methoxy groups -OCH3 is 1. The van der Waals surface area contributed by atoms with E-state index >= 15 is 19.2 Å². The lowest BCUT2D eigenvalue weighted by Gasteiger charge is -2.33. The number of hydrogen-bond acceptors (Lipinski definition) is 17. The van der Waals surface area contributed by atoms with Gasteiger partial charge in [-0.2, -0.15) is 0 Å². The molecular formula is C68H59BCl6IN7O17. The number of carbonyl (C=O) groups is 8. The molecule has 7 aromatic carbocycles. The molecule has 4 bridgehead atoms. The van der Waals surface area contributed by atoms with Crippen LogP contribution < -0.4 is 36.8 Å². The molecule has 1 saturated heterocycles. The van der Waals surface area contributed by atoms with Gasteiger partial charge in [-0.15, -0.1) is 0 Å². The van der Waals surface area contributed by atoms with Gasteiger partial charge in [0.15, 0.2) is 34.8 Å². The van der Waals surface area contributed by atoms with Crippen molar-refractivity contribution in [3.8, 4) is 40.2 Å². The summed E-state index contributed by atoms with van der Waals surface area (Å²) < 4.78 is 23.9. The Bertz CT molecular complexity index is 4560. The molecule has 24 nitrogen and oxygen atoms in total. The highest BCUT2D eigenvalue weighted by atomic mass is 127. The predicted molar refractivity (Wildman–Crippen MR) is 380 cm³/mol. The average Bonchev–Trinajstić information content (AvgIpc) is 1.61. The molecule has 0 spiro atoms. The summed E-state index contributed by atoms with van der Waals surface area (Å²) in [5.74, 6) is -12.0. The molecule has 11 N–H and O–H groups in total. The topological polar surface area (TPSA) is 354 Å². The quantitative estimate of drug-likeness (QED) is 0.0141. The van der Waals surface area contributed by atoms with E-state index in [0.717, 1.165) is 48.4 Å². The summed E-state index contributed by atoms with van der Waals surface area (Å²) in [6, 6.07) is 14.3. The van der Waals surface area contributed by atoms with Gasteiger partial charge in [-0.25, -0.2) is 4.79 Å². The van der Waals surface area contributed by atoms with Crippen LogP contribution in [0.15, 0.2) is 121 Å². The fourth-order valence-corrected chi connectivity index (χ4v) is 13.1. The van der Waals surface area contributed by atoms with E-state index in [1.165, 1.54) is 55.6 Å². The van der Waals surface area contributed by atoms with Crippen LogP contribution in [0.25, 0.3) is 10.9 Å². The van der Waals surface area contributed by atoms with E-state index in [1.54, 1.807) is 59.1 Å². The number of esters is 1. The van der Waals surface area contributed by atoms with Crippen molar-refractivity contribution in [3.63, 3.8) is 0 Å². The maximum absolute atomic E-state index is 15.8. The summed E-state index contributed by atoms with van der Waals surface area (Å²) >= 11 is 40.2. The van der Waals surface area contributed by atoms with Crippen LogP contribution in [0, 0.1) is 3.57 Å². The van der Waals surface area contributed by atoms with Crippen LogP contribution in [0.5, 0.6) is 40.2 Å². The van der Waals surface area contributed by atoms with Crippen molar-refractivity contribution in [2.24, 2.45) is 0 Å². The third-order valence-electron chi connectivity index (χ3n) is 17.3. The normalized spacial score (nSPS) is 17.5. The van der Waals surface area contributed by atoms with Crippen molar-refractivity contribution in [1.29, 1.82) is 0 Å². The van der Waals surface area contributed by atoms with Crippen molar-refractivity contribution in [1.82, 2.24) is 36.5 Å². The molecule has 520 valence electrons. The maximum atomic E-state index is 15.8. The summed E-state index contributed by atoms with van der Waals surface area (Å²) in [4.78, 5) is 123. The molecule has 0 radical (unpaired) electrons. The number of aromatic nitrogens is 1. The third kappa shape index (κ3) is 15.7. The molecule has 1 aromatic heterocycles. The van der Waals surface area contributed by atoms with Crippen molar-refractivity contribution in [2.45, 2.75) is 88.0 Å². The van der Waals surface area contributed by atoms with E-state index < -0.39 is 157 Å². The highest BCUT2D eigenvalue weighted by molar-refractivity contribution is 14.1. The minimum absolute atomic E-state index is 0.0410. The Kier molecular flexibility index (Phi) is 22.1. The zero-order valence-corrected chi connectivity index (χ0v) is 59.9. The largest absolute Gasteiger partial charge is 0.508 e. The van der Waals surface area contributed by atoms with Gasteiger partial charge < -0.3 is 80.8 Å². The molecule has 8 aromatic rings. The van der Waals surface area contributed by atoms with Gasteiger partial charge >= 0.3 is 13.1 Å². The predicted octanol–water partition coefficient (Wildman–Crippen LogP) is 10.2. The number of ketones is 1. The summed E-state index contributed by atoms with van der Waals surface area (Å²) in [6.07, 6.45) is 0.830. The van der Waals surface area contributed by atoms with Crippen LogP contribution in [0.2, 0.25) is 30.1 Å². The molecule has 32 heteroatoms. The molecule has 4 heterocycles. The number of carbonyl (C=O) groups excluding carboxylic acids is 8. The number of aromatic hydroxyl groups is 5. The minimum Gasteiger partial charge on any atom is -0.508 e. The minimum atomic E-state index is -2.06. The summed E-state index contributed by atoms with van der Waals surface area (Å²) in [5.41, 5.74) is -0.262. The first-order chi connectivity index (χ1) is 47.1. The molecular weight excluding hydrogens is 1540 g/mol. The average molecular weight is 1600 g/mol. The molecule has 0 aliphatic carbocycles. The molecule has 11 rings (SSSR count). The van der Waals surface area contributed by atoms with E-state index in [1.807, 2.05) is 27.7 Å². The van der Waals surface area contributed by atoms with Crippen molar-refractivity contribution in [3.05, 3.63) is 194 Å². The number of nitrogens with one attached hydrogen (secondary N) is 6. The van der Waals surface area contributed by atoms with Crippen LogP contribution >= 0.6 is 92.2 Å². The second-order valence-electron chi connectivity index (χ2n) is 24.4. The van der Waals surface area contributed by atoms with E-state index in [4.69, 9.17) is 88.4 Å². The molecule has 3 aliphatic heterocycles. The second kappa shape index (κ2) is 29.9. The lowest BCUT2D eigenvalue weighted by Crippen LogP contribution is -2.55. The van der Waals surface area contributed by atoms with Gasteiger partial charge in [0.1, 0.15) is 41.7 Å². The van der Waals surface area contributed by atoms with Gasteiger partial charge in [-0.1, -0.05) is 106 Å². The van der Waals surface area contributed by atoms with Crippen molar-refractivity contribution < 1.29 is 82.7 Å². The highest BCUT2D eigenvalue weighted by Crippen LogP contribution is 2.42. The van der Waals surface area contributed by atoms with Crippen LogP contribution in [0.4, 0.5) is 0 Å². The molecule has 6 atom stereocenters. The van der Waals surface area contributed by atoms with E-state index in [0.29, 0.717) is 27.5 Å². The molecule has 0 saturated carbocycles. The Balaban J connectivity index is 1.06. The van der Waals surface area contributed by atoms with Crippen LogP contribution in [0.1, 0.15) is 95.6 Å². The summed E-state index contributed by atoms with van der Waals surface area (Å²) in [6.45, 7) is 7.59. The second-order valence-corrected chi connectivity index (χ2v) is 28.0. The number of amides is 6. The SMILES string of the molecule is COC(=O)[C@H](NC(=O)[C@@H]1Cc2ccc(cc2)Oc2cc(cc(I)c2O)[C@@H](NC(=O)[C@H](NC(=O)[C@@H](Cc2c[nH]c3cc(B4OC(C)(C)C(C)(C)O4)ccc23)NC(=O)C(=O)c2cc(Cl)c(O)c(Cl)c2)c2cc(Cl)c(O)c(Cl)c2)C(=O)N[C@H](c2cc(Cl)c(O)c(Cl)c2)C(=O)N1C)c1ccc(O)cc1. The van der Waals surface area contributed by atoms with E-state index in [-0.39, 0.29) is 59.5 Å². The van der Waals surface area contributed by atoms with E-state index in [9.17, 15) is 44.7 Å². The third-order valence-corrected chi connectivity index (χ3v) is 19.8. The number of Topliss-reactive ketones (excluding diaryl/α,β-unsaturated/α-hetero) is 1. The van der Waals surface area contributed by atoms with Gasteiger partial charge in [-0.05, 0) is 168 Å². The summed E-state index contributed by atoms with van der Waals surface area (Å²) in [7, 11) is 1.53. The molecule has 0 unspecified atom stereocenters. The van der Waals surface area contributed by atoms with Gasteiger partial charge in [-0.3, -0.25) is 33.6 Å². The Hall–Kier alpha value is -8.71. The smallest absolute Gasteiger partial charge is 0.494 e.